The van der Waals surface area contributed by atoms with Gasteiger partial charge in [0, 0.05) is 25.2 Å². The maximum Gasteiger partial charge on any atom is 0.229 e. The summed E-state index contributed by atoms with van der Waals surface area (Å²) in [6.45, 7) is 0.296. The van der Waals surface area contributed by atoms with Crippen LogP contribution in [0, 0.1) is 5.82 Å². The van der Waals surface area contributed by atoms with E-state index in [9.17, 15) is 9.18 Å². The minimum atomic E-state index is -0.607. The molecule has 15 heavy (non-hydrogen) atoms. The molecular weight excluding hydrogens is 221 g/mol. The summed E-state index contributed by atoms with van der Waals surface area (Å²) in [5, 5.41) is 0.201. The van der Waals surface area contributed by atoms with Crippen LogP contribution in [0.15, 0.2) is 12.3 Å². The maximum absolute atomic E-state index is 13.4. The molecule has 1 aromatic rings. The van der Waals surface area contributed by atoms with Crippen LogP contribution in [-0.4, -0.2) is 23.5 Å². The number of anilines is 1. The molecule has 1 aromatic heterocycles. The smallest absolute Gasteiger partial charge is 0.229 e. The molecule has 1 amide bonds. The fraction of sp³-hybridized carbons (Fsp3) is 0.333. The number of rotatable bonds is 1. The van der Waals surface area contributed by atoms with Gasteiger partial charge in [-0.15, -0.1) is 0 Å². The molecule has 0 bridgehead atoms. The number of aromatic nitrogens is 1. The van der Waals surface area contributed by atoms with Crippen molar-refractivity contribution in [1.29, 1.82) is 0 Å². The second-order valence-corrected chi connectivity index (χ2v) is 3.86. The number of halogens is 2. The number of carbonyl (C=O) groups is 1. The predicted octanol–water partition coefficient (Wildman–Crippen LogP) is 0.938. The first kappa shape index (κ1) is 10.3. The zero-order valence-electron chi connectivity index (χ0n) is 7.78. The van der Waals surface area contributed by atoms with Crippen LogP contribution in [0.1, 0.15) is 6.42 Å². The van der Waals surface area contributed by atoms with E-state index in [0.717, 1.165) is 6.07 Å². The number of carbonyl (C=O) groups excluding carboxylic acids is 1. The lowest BCUT2D eigenvalue weighted by Crippen LogP contribution is -2.29. The minimum Gasteiger partial charge on any atom is -0.326 e. The Morgan fingerprint density at radius 3 is 2.93 bits per heavy atom. The Hall–Kier alpha value is -1.20. The summed E-state index contributed by atoms with van der Waals surface area (Å²) in [6, 6.07) is 0.871. The van der Waals surface area contributed by atoms with E-state index in [4.69, 9.17) is 17.3 Å². The molecule has 4 nitrogen and oxygen atoms in total. The zero-order valence-corrected chi connectivity index (χ0v) is 8.54. The van der Waals surface area contributed by atoms with Crippen molar-refractivity contribution in [2.75, 3.05) is 11.4 Å². The van der Waals surface area contributed by atoms with E-state index in [0.29, 0.717) is 6.54 Å². The van der Waals surface area contributed by atoms with Gasteiger partial charge in [-0.1, -0.05) is 11.6 Å². The second kappa shape index (κ2) is 3.75. The quantitative estimate of drug-likeness (QED) is 0.780. The Labute approximate surface area is 90.8 Å². The highest BCUT2D eigenvalue weighted by atomic mass is 35.5. The Bertz CT molecular complexity index is 412. The summed E-state index contributed by atoms with van der Waals surface area (Å²) < 4.78 is 13.4. The van der Waals surface area contributed by atoms with Gasteiger partial charge in [0.1, 0.15) is 0 Å². The first-order chi connectivity index (χ1) is 7.08. The number of hydrogen-bond donors (Lipinski definition) is 1. The lowest BCUT2D eigenvalue weighted by molar-refractivity contribution is -0.117. The molecule has 1 fully saturated rings. The second-order valence-electron chi connectivity index (χ2n) is 3.43. The molecule has 0 radical (unpaired) electrons. The summed E-state index contributed by atoms with van der Waals surface area (Å²) in [5.74, 6) is -0.821. The van der Waals surface area contributed by atoms with Gasteiger partial charge in [-0.2, -0.15) is 0 Å². The molecule has 1 aliphatic heterocycles. The van der Waals surface area contributed by atoms with Crippen LogP contribution in [0.5, 0.6) is 0 Å². The molecule has 2 rings (SSSR count). The molecule has 1 saturated heterocycles. The summed E-state index contributed by atoms with van der Waals surface area (Å²) in [4.78, 5) is 16.5. The van der Waals surface area contributed by atoms with E-state index in [1.807, 2.05) is 0 Å². The largest absolute Gasteiger partial charge is 0.326 e. The number of hydrogen-bond acceptors (Lipinski definition) is 3. The van der Waals surface area contributed by atoms with Gasteiger partial charge in [0.15, 0.2) is 11.6 Å². The summed E-state index contributed by atoms with van der Waals surface area (Å²) >= 11 is 5.56. The van der Waals surface area contributed by atoms with Gasteiger partial charge in [-0.05, 0) is 6.07 Å². The van der Waals surface area contributed by atoms with Gasteiger partial charge in [-0.25, -0.2) is 9.37 Å². The number of nitrogens with zero attached hydrogens (tertiary/aromatic N) is 2. The van der Waals surface area contributed by atoms with Crippen molar-refractivity contribution in [3.8, 4) is 0 Å². The summed E-state index contributed by atoms with van der Waals surface area (Å²) in [5.41, 5.74) is 5.59. The zero-order chi connectivity index (χ0) is 11.0. The van der Waals surface area contributed by atoms with E-state index in [1.165, 1.54) is 11.1 Å². The molecule has 0 aliphatic carbocycles. The minimum absolute atomic E-state index is 0.00245. The molecule has 80 valence electrons. The molecule has 0 spiro atoms. The molecule has 6 heteroatoms. The van der Waals surface area contributed by atoms with E-state index in [2.05, 4.69) is 4.98 Å². The molecule has 1 atom stereocenters. The summed E-state index contributed by atoms with van der Waals surface area (Å²) in [6.07, 6.45) is 1.53. The van der Waals surface area contributed by atoms with Crippen molar-refractivity contribution in [3.63, 3.8) is 0 Å². The van der Waals surface area contributed by atoms with Crippen molar-refractivity contribution in [1.82, 2.24) is 4.98 Å². The first-order valence-electron chi connectivity index (χ1n) is 4.45. The van der Waals surface area contributed by atoms with Crippen LogP contribution in [-0.2, 0) is 4.79 Å². The van der Waals surface area contributed by atoms with Crippen LogP contribution in [0.3, 0.4) is 0 Å². The van der Waals surface area contributed by atoms with Crippen LogP contribution in [0.25, 0.3) is 0 Å². The van der Waals surface area contributed by atoms with Gasteiger partial charge in [0.25, 0.3) is 0 Å². The summed E-state index contributed by atoms with van der Waals surface area (Å²) in [7, 11) is 0. The van der Waals surface area contributed by atoms with Crippen molar-refractivity contribution in [2.45, 2.75) is 12.5 Å². The normalized spacial score (nSPS) is 21.1. The van der Waals surface area contributed by atoms with Crippen molar-refractivity contribution in [3.05, 3.63) is 23.1 Å². The molecule has 2 N–H and O–H groups in total. The Morgan fingerprint density at radius 2 is 2.40 bits per heavy atom. The predicted molar refractivity (Wildman–Crippen MR) is 54.2 cm³/mol. The molecule has 1 aliphatic rings. The SMILES string of the molecule is NC1CC(=O)N(c2ncc(Cl)cc2F)C1. The fourth-order valence-electron chi connectivity index (χ4n) is 1.55. The number of nitrogens with two attached hydrogens (primary N) is 1. The van der Waals surface area contributed by atoms with Crippen LogP contribution < -0.4 is 10.6 Å². The average Bonchev–Trinajstić information content (AvgIpc) is 2.45. The molecular formula is C9H9ClFN3O. The molecule has 1 unspecified atom stereocenters. The fourth-order valence-corrected chi connectivity index (χ4v) is 1.69. The van der Waals surface area contributed by atoms with E-state index in [1.54, 1.807) is 0 Å². The molecule has 2 heterocycles. The van der Waals surface area contributed by atoms with Gasteiger partial charge in [0.2, 0.25) is 5.91 Å². The van der Waals surface area contributed by atoms with Crippen molar-refractivity contribution in [2.24, 2.45) is 5.73 Å². The van der Waals surface area contributed by atoms with Crippen molar-refractivity contribution < 1.29 is 9.18 Å². The van der Waals surface area contributed by atoms with Crippen LogP contribution >= 0.6 is 11.6 Å². The highest BCUT2D eigenvalue weighted by Gasteiger charge is 2.30. The highest BCUT2D eigenvalue weighted by molar-refractivity contribution is 6.30. The van der Waals surface area contributed by atoms with Crippen molar-refractivity contribution >= 4 is 23.3 Å². The molecule has 0 saturated carbocycles. The Kier molecular flexibility index (Phi) is 2.58. The van der Waals surface area contributed by atoms with E-state index < -0.39 is 5.82 Å². The van der Waals surface area contributed by atoms with E-state index >= 15 is 0 Å². The monoisotopic (exact) mass is 229 g/mol. The third-order valence-electron chi connectivity index (χ3n) is 2.20. The number of amides is 1. The van der Waals surface area contributed by atoms with Gasteiger partial charge in [-0.3, -0.25) is 9.69 Å². The van der Waals surface area contributed by atoms with Gasteiger partial charge < -0.3 is 5.73 Å². The van der Waals surface area contributed by atoms with Gasteiger partial charge >= 0.3 is 0 Å². The Morgan fingerprint density at radius 1 is 1.67 bits per heavy atom. The Balaban J connectivity index is 2.34. The van der Waals surface area contributed by atoms with E-state index in [-0.39, 0.29) is 29.2 Å². The third-order valence-corrected chi connectivity index (χ3v) is 2.41. The third kappa shape index (κ3) is 1.93. The topological polar surface area (TPSA) is 59.2 Å². The lowest BCUT2D eigenvalue weighted by Gasteiger charge is -2.15. The number of pyridine rings is 1. The van der Waals surface area contributed by atoms with Crippen LogP contribution in [0.2, 0.25) is 5.02 Å². The highest BCUT2D eigenvalue weighted by Crippen LogP contribution is 2.23. The average molecular weight is 230 g/mol. The molecule has 0 aromatic carbocycles. The lowest BCUT2D eigenvalue weighted by atomic mass is 10.3. The standard InChI is InChI=1S/C9H9ClFN3O/c10-5-1-7(11)9(13-3-5)14-4-6(12)2-8(14)15/h1,3,6H,2,4,12H2. The van der Waals surface area contributed by atoms with Crippen LogP contribution in [0.4, 0.5) is 10.2 Å². The maximum atomic E-state index is 13.4. The first-order valence-corrected chi connectivity index (χ1v) is 4.82. The van der Waals surface area contributed by atoms with Gasteiger partial charge in [0.05, 0.1) is 5.02 Å².